The molecule has 22 heavy (non-hydrogen) atoms. The molecule has 0 saturated heterocycles. The number of hydrogen-bond acceptors (Lipinski definition) is 5. The Morgan fingerprint density at radius 3 is 2.77 bits per heavy atom. The number of benzene rings is 1. The van der Waals surface area contributed by atoms with Crippen molar-refractivity contribution >= 4 is 17.0 Å². The van der Waals surface area contributed by atoms with Gasteiger partial charge in [-0.05, 0) is 6.42 Å². The Morgan fingerprint density at radius 1 is 1.36 bits per heavy atom. The van der Waals surface area contributed by atoms with Crippen molar-refractivity contribution in [2.45, 2.75) is 26.0 Å². The molecule has 7 nitrogen and oxygen atoms in total. The standard InChI is InChI=1S/C15H18N2O5/c1-20-9-14-16-10-7-12-13(22-6-5-21-12)8-11(10)17(14)4-2-3-15(18)19/h7-8H,2-6,9H2,1H3,(H,18,19). The van der Waals surface area contributed by atoms with Crippen LogP contribution in [0.3, 0.4) is 0 Å². The monoisotopic (exact) mass is 306 g/mol. The summed E-state index contributed by atoms with van der Waals surface area (Å²) >= 11 is 0. The molecule has 2 heterocycles. The number of aryl methyl sites for hydroxylation is 1. The van der Waals surface area contributed by atoms with E-state index < -0.39 is 5.97 Å². The van der Waals surface area contributed by atoms with Gasteiger partial charge in [-0.25, -0.2) is 4.98 Å². The number of aliphatic carboxylic acids is 1. The van der Waals surface area contributed by atoms with E-state index in [1.54, 1.807) is 7.11 Å². The lowest BCUT2D eigenvalue weighted by molar-refractivity contribution is -0.137. The third kappa shape index (κ3) is 2.85. The highest BCUT2D eigenvalue weighted by Crippen LogP contribution is 2.35. The summed E-state index contributed by atoms with van der Waals surface area (Å²) in [5.74, 6) is 1.36. The minimum atomic E-state index is -0.799. The number of methoxy groups -OCH3 is 1. The van der Waals surface area contributed by atoms with Crippen LogP contribution >= 0.6 is 0 Å². The van der Waals surface area contributed by atoms with Crippen LogP contribution < -0.4 is 9.47 Å². The molecule has 0 fully saturated rings. The van der Waals surface area contributed by atoms with Gasteiger partial charge in [-0.2, -0.15) is 0 Å². The molecule has 0 unspecified atom stereocenters. The van der Waals surface area contributed by atoms with Gasteiger partial charge in [0.2, 0.25) is 0 Å². The molecule has 1 aliphatic rings. The van der Waals surface area contributed by atoms with Crippen LogP contribution in [0.2, 0.25) is 0 Å². The number of fused-ring (bicyclic) bond motifs is 2. The maximum Gasteiger partial charge on any atom is 0.303 e. The van der Waals surface area contributed by atoms with Crippen molar-refractivity contribution in [1.29, 1.82) is 0 Å². The van der Waals surface area contributed by atoms with E-state index in [1.807, 2.05) is 16.7 Å². The summed E-state index contributed by atoms with van der Waals surface area (Å²) in [4.78, 5) is 15.3. The summed E-state index contributed by atoms with van der Waals surface area (Å²) in [5.41, 5.74) is 1.70. The lowest BCUT2D eigenvalue weighted by Crippen LogP contribution is -2.15. The molecule has 0 radical (unpaired) electrons. The summed E-state index contributed by atoms with van der Waals surface area (Å²) < 4.78 is 18.4. The number of carbonyl (C=O) groups is 1. The second-order valence-corrected chi connectivity index (χ2v) is 5.09. The number of carboxylic acid groups (broad SMARTS) is 1. The molecule has 0 bridgehead atoms. The van der Waals surface area contributed by atoms with E-state index in [2.05, 4.69) is 4.98 Å². The number of nitrogens with zero attached hydrogens (tertiary/aromatic N) is 2. The van der Waals surface area contributed by atoms with Gasteiger partial charge in [0.1, 0.15) is 25.6 Å². The van der Waals surface area contributed by atoms with Crippen LogP contribution in [0.1, 0.15) is 18.7 Å². The Bertz CT molecular complexity index is 695. The van der Waals surface area contributed by atoms with Gasteiger partial charge in [-0.1, -0.05) is 0 Å². The summed E-state index contributed by atoms with van der Waals surface area (Å²) in [7, 11) is 1.61. The zero-order valence-corrected chi connectivity index (χ0v) is 12.4. The molecular formula is C15H18N2O5. The SMILES string of the molecule is COCc1nc2cc3c(cc2n1CCCC(=O)O)OCCO3. The number of aromatic nitrogens is 2. The predicted molar refractivity (Wildman–Crippen MR) is 78.3 cm³/mol. The van der Waals surface area contributed by atoms with Gasteiger partial charge in [0, 0.05) is 32.2 Å². The Morgan fingerprint density at radius 2 is 2.09 bits per heavy atom. The summed E-state index contributed by atoms with van der Waals surface area (Å²) in [5, 5.41) is 8.80. The highest BCUT2D eigenvalue weighted by molar-refractivity contribution is 5.81. The Balaban J connectivity index is 1.98. The Hall–Kier alpha value is -2.28. The van der Waals surface area contributed by atoms with Crippen LogP contribution in [0.4, 0.5) is 0 Å². The number of rotatable bonds is 6. The number of carboxylic acids is 1. The second kappa shape index (κ2) is 6.23. The largest absolute Gasteiger partial charge is 0.486 e. The molecule has 2 aromatic rings. The molecule has 1 aromatic carbocycles. The lowest BCUT2D eigenvalue weighted by Gasteiger charge is -2.18. The minimum Gasteiger partial charge on any atom is -0.486 e. The number of hydrogen-bond donors (Lipinski definition) is 1. The summed E-state index contributed by atoms with van der Waals surface area (Å²) in [6.45, 7) is 1.99. The molecule has 118 valence electrons. The van der Waals surface area contributed by atoms with Gasteiger partial charge < -0.3 is 23.9 Å². The highest BCUT2D eigenvalue weighted by Gasteiger charge is 2.18. The molecular weight excluding hydrogens is 288 g/mol. The third-order valence-corrected chi connectivity index (χ3v) is 3.54. The van der Waals surface area contributed by atoms with Crippen LogP contribution in [-0.4, -0.2) is 41.0 Å². The van der Waals surface area contributed by atoms with E-state index in [4.69, 9.17) is 19.3 Å². The van der Waals surface area contributed by atoms with Gasteiger partial charge in [0.05, 0.1) is 11.0 Å². The maximum atomic E-state index is 10.7. The fourth-order valence-electron chi connectivity index (χ4n) is 2.59. The van der Waals surface area contributed by atoms with Crippen molar-refractivity contribution < 1.29 is 24.1 Å². The predicted octanol–water partition coefficient (Wildman–Crippen LogP) is 1.82. The van der Waals surface area contributed by atoms with Crippen LogP contribution in [0, 0.1) is 0 Å². The molecule has 0 spiro atoms. The quantitative estimate of drug-likeness (QED) is 0.876. The molecule has 3 rings (SSSR count). The van der Waals surface area contributed by atoms with Gasteiger partial charge in [0.25, 0.3) is 0 Å². The molecule has 7 heteroatoms. The van der Waals surface area contributed by atoms with E-state index in [0.29, 0.717) is 44.3 Å². The third-order valence-electron chi connectivity index (χ3n) is 3.54. The number of ether oxygens (including phenoxy) is 3. The van der Waals surface area contributed by atoms with Crippen molar-refractivity contribution in [1.82, 2.24) is 9.55 Å². The Labute approximate surface area is 127 Å². The molecule has 1 N–H and O–H groups in total. The van der Waals surface area contributed by atoms with Crippen molar-refractivity contribution in [3.63, 3.8) is 0 Å². The molecule has 0 atom stereocenters. The van der Waals surface area contributed by atoms with E-state index in [0.717, 1.165) is 16.9 Å². The van der Waals surface area contributed by atoms with E-state index in [9.17, 15) is 4.79 Å². The van der Waals surface area contributed by atoms with E-state index in [-0.39, 0.29) is 6.42 Å². The molecule has 1 aliphatic heterocycles. The fraction of sp³-hybridized carbons (Fsp3) is 0.467. The average Bonchev–Trinajstić information content (AvgIpc) is 2.82. The molecule has 0 amide bonds. The average molecular weight is 306 g/mol. The van der Waals surface area contributed by atoms with Crippen molar-refractivity contribution in [2.24, 2.45) is 0 Å². The Kier molecular flexibility index (Phi) is 4.15. The first-order valence-electron chi connectivity index (χ1n) is 7.18. The summed E-state index contributed by atoms with van der Waals surface area (Å²) in [6.07, 6.45) is 0.655. The normalized spacial score (nSPS) is 13.5. The van der Waals surface area contributed by atoms with Gasteiger partial charge in [-0.15, -0.1) is 0 Å². The van der Waals surface area contributed by atoms with Crippen LogP contribution in [0.5, 0.6) is 11.5 Å². The van der Waals surface area contributed by atoms with Crippen molar-refractivity contribution in [3.05, 3.63) is 18.0 Å². The van der Waals surface area contributed by atoms with Crippen LogP contribution in [0.15, 0.2) is 12.1 Å². The van der Waals surface area contributed by atoms with Gasteiger partial charge in [0.15, 0.2) is 11.5 Å². The van der Waals surface area contributed by atoms with E-state index >= 15 is 0 Å². The van der Waals surface area contributed by atoms with Crippen LogP contribution in [0.25, 0.3) is 11.0 Å². The van der Waals surface area contributed by atoms with Crippen LogP contribution in [-0.2, 0) is 22.7 Å². The molecule has 1 aromatic heterocycles. The van der Waals surface area contributed by atoms with Crippen molar-refractivity contribution in [2.75, 3.05) is 20.3 Å². The topological polar surface area (TPSA) is 82.8 Å². The molecule has 0 saturated carbocycles. The minimum absolute atomic E-state index is 0.122. The lowest BCUT2D eigenvalue weighted by atomic mass is 10.2. The summed E-state index contributed by atoms with van der Waals surface area (Å²) in [6, 6.07) is 3.76. The maximum absolute atomic E-state index is 10.7. The fourth-order valence-corrected chi connectivity index (χ4v) is 2.59. The zero-order chi connectivity index (χ0) is 15.5. The molecule has 0 aliphatic carbocycles. The zero-order valence-electron chi connectivity index (χ0n) is 12.4. The first kappa shape index (κ1) is 14.6. The first-order chi connectivity index (χ1) is 10.7. The highest BCUT2D eigenvalue weighted by atomic mass is 16.6. The first-order valence-corrected chi connectivity index (χ1v) is 7.18. The van der Waals surface area contributed by atoms with E-state index in [1.165, 1.54) is 0 Å². The second-order valence-electron chi connectivity index (χ2n) is 5.09. The van der Waals surface area contributed by atoms with Gasteiger partial charge in [-0.3, -0.25) is 4.79 Å². The van der Waals surface area contributed by atoms with Crippen molar-refractivity contribution in [3.8, 4) is 11.5 Å². The smallest absolute Gasteiger partial charge is 0.303 e. The number of imidazole rings is 1. The van der Waals surface area contributed by atoms with Gasteiger partial charge >= 0.3 is 5.97 Å².